The topological polar surface area (TPSA) is 77.9 Å². The number of aromatic hydroxyl groups is 1. The molecule has 1 aliphatic rings. The summed E-state index contributed by atoms with van der Waals surface area (Å²) in [4.78, 5) is 14.4. The highest BCUT2D eigenvalue weighted by Gasteiger charge is 2.31. The van der Waals surface area contributed by atoms with Crippen LogP contribution in [0.25, 0.3) is 10.8 Å². The molecule has 1 amide bonds. The molecule has 6 nitrogen and oxygen atoms in total. The van der Waals surface area contributed by atoms with E-state index >= 15 is 0 Å². The summed E-state index contributed by atoms with van der Waals surface area (Å²) in [7, 11) is -3.63. The second-order valence-corrected chi connectivity index (χ2v) is 8.66. The highest BCUT2D eigenvalue weighted by molar-refractivity contribution is 7.89. The van der Waals surface area contributed by atoms with Crippen LogP contribution in [0, 0.1) is 0 Å². The van der Waals surface area contributed by atoms with E-state index in [2.05, 4.69) is 0 Å². The van der Waals surface area contributed by atoms with Crippen molar-refractivity contribution >= 4 is 26.7 Å². The van der Waals surface area contributed by atoms with Gasteiger partial charge in [0, 0.05) is 26.2 Å². The van der Waals surface area contributed by atoms with Crippen LogP contribution in [-0.4, -0.2) is 54.8 Å². The van der Waals surface area contributed by atoms with Gasteiger partial charge in [0.25, 0.3) is 5.91 Å². The lowest BCUT2D eigenvalue weighted by molar-refractivity contribution is 0.0695. The molecule has 1 aliphatic heterocycles. The standard InChI is InChI=1S/C21H20N2O4S/c24-20-8-4-3-7-19(20)21(25)22-11-13-23(14-12-22)28(26,27)18-10-9-16-5-1-2-6-17(16)15-18/h1-10,15,24H,11-14H2. The van der Waals surface area contributed by atoms with E-state index in [9.17, 15) is 18.3 Å². The molecule has 1 saturated heterocycles. The van der Waals surface area contributed by atoms with E-state index < -0.39 is 10.0 Å². The molecule has 144 valence electrons. The minimum absolute atomic E-state index is 0.0706. The second-order valence-electron chi connectivity index (χ2n) is 6.72. The predicted octanol–water partition coefficient (Wildman–Crippen LogP) is 2.69. The fraction of sp³-hybridized carbons (Fsp3) is 0.190. The van der Waals surface area contributed by atoms with E-state index in [-0.39, 0.29) is 48.3 Å². The number of phenolic OH excluding ortho intramolecular Hbond substituents is 1. The first-order chi connectivity index (χ1) is 13.5. The Kier molecular flexibility index (Phi) is 4.78. The number of hydrogen-bond acceptors (Lipinski definition) is 4. The minimum atomic E-state index is -3.63. The van der Waals surface area contributed by atoms with Crippen molar-refractivity contribution in [3.05, 3.63) is 72.3 Å². The number of phenols is 1. The molecule has 0 unspecified atom stereocenters. The molecule has 0 atom stereocenters. The quantitative estimate of drug-likeness (QED) is 0.738. The largest absolute Gasteiger partial charge is 0.507 e. The van der Waals surface area contributed by atoms with Crippen LogP contribution in [0.5, 0.6) is 5.75 Å². The number of para-hydroxylation sites is 1. The number of nitrogens with zero attached hydrogens (tertiary/aromatic N) is 2. The summed E-state index contributed by atoms with van der Waals surface area (Å²) in [5.74, 6) is -0.362. The number of piperazine rings is 1. The highest BCUT2D eigenvalue weighted by Crippen LogP contribution is 2.24. The van der Waals surface area contributed by atoms with E-state index in [1.54, 1.807) is 41.3 Å². The van der Waals surface area contributed by atoms with E-state index in [0.29, 0.717) is 0 Å². The zero-order chi connectivity index (χ0) is 19.7. The first-order valence-electron chi connectivity index (χ1n) is 9.03. The molecule has 1 N–H and O–H groups in total. The predicted molar refractivity (Wildman–Crippen MR) is 107 cm³/mol. The van der Waals surface area contributed by atoms with Crippen LogP contribution < -0.4 is 0 Å². The van der Waals surface area contributed by atoms with Crippen molar-refractivity contribution in [2.24, 2.45) is 0 Å². The first kappa shape index (κ1) is 18.5. The molecule has 7 heteroatoms. The summed E-state index contributed by atoms with van der Waals surface area (Å²) in [6.45, 7) is 0.989. The number of fused-ring (bicyclic) bond motifs is 1. The number of sulfonamides is 1. The van der Waals surface area contributed by atoms with Gasteiger partial charge in [-0.25, -0.2) is 8.42 Å². The Hall–Kier alpha value is -2.90. The zero-order valence-electron chi connectivity index (χ0n) is 15.2. The van der Waals surface area contributed by atoms with Gasteiger partial charge < -0.3 is 10.0 Å². The average Bonchev–Trinajstić information content (AvgIpc) is 2.73. The molecule has 3 aromatic carbocycles. The van der Waals surface area contributed by atoms with Gasteiger partial charge in [-0.3, -0.25) is 4.79 Å². The lowest BCUT2D eigenvalue weighted by atomic mass is 10.1. The Morgan fingerprint density at radius 2 is 1.46 bits per heavy atom. The number of carbonyl (C=O) groups is 1. The monoisotopic (exact) mass is 396 g/mol. The van der Waals surface area contributed by atoms with Crippen LogP contribution in [0.4, 0.5) is 0 Å². The summed E-state index contributed by atoms with van der Waals surface area (Å²) in [6.07, 6.45) is 0. The Balaban J connectivity index is 1.50. The Morgan fingerprint density at radius 1 is 0.821 bits per heavy atom. The molecule has 0 aliphatic carbocycles. The van der Waals surface area contributed by atoms with E-state index in [1.807, 2.05) is 24.3 Å². The summed E-state index contributed by atoms with van der Waals surface area (Å²) < 4.78 is 27.4. The minimum Gasteiger partial charge on any atom is -0.507 e. The first-order valence-corrected chi connectivity index (χ1v) is 10.5. The molecular weight excluding hydrogens is 376 g/mol. The molecular formula is C21H20N2O4S. The smallest absolute Gasteiger partial charge is 0.257 e. The molecule has 0 saturated carbocycles. The maximum Gasteiger partial charge on any atom is 0.257 e. The number of hydrogen-bond donors (Lipinski definition) is 1. The Morgan fingerprint density at radius 3 is 2.18 bits per heavy atom. The molecule has 3 aromatic rings. The van der Waals surface area contributed by atoms with Crippen molar-refractivity contribution in [1.82, 2.24) is 9.21 Å². The third-order valence-electron chi connectivity index (χ3n) is 5.02. The van der Waals surface area contributed by atoms with Gasteiger partial charge in [-0.15, -0.1) is 0 Å². The lowest BCUT2D eigenvalue weighted by Crippen LogP contribution is -2.50. The molecule has 0 bridgehead atoms. The highest BCUT2D eigenvalue weighted by atomic mass is 32.2. The van der Waals surface area contributed by atoms with Crippen molar-refractivity contribution in [3.63, 3.8) is 0 Å². The molecule has 4 rings (SSSR count). The zero-order valence-corrected chi connectivity index (χ0v) is 16.0. The van der Waals surface area contributed by atoms with Crippen molar-refractivity contribution in [3.8, 4) is 5.75 Å². The number of benzene rings is 3. The maximum absolute atomic E-state index is 13.0. The van der Waals surface area contributed by atoms with Crippen LogP contribution >= 0.6 is 0 Å². The second kappa shape index (κ2) is 7.26. The van der Waals surface area contributed by atoms with Crippen molar-refractivity contribution < 1.29 is 18.3 Å². The van der Waals surface area contributed by atoms with Crippen molar-refractivity contribution in [2.45, 2.75) is 4.90 Å². The molecule has 0 aromatic heterocycles. The van der Waals surface area contributed by atoms with Gasteiger partial charge in [0.05, 0.1) is 10.5 Å². The average molecular weight is 396 g/mol. The third kappa shape index (κ3) is 3.34. The van der Waals surface area contributed by atoms with E-state index in [1.165, 1.54) is 10.4 Å². The van der Waals surface area contributed by atoms with Gasteiger partial charge in [0.2, 0.25) is 10.0 Å². The lowest BCUT2D eigenvalue weighted by Gasteiger charge is -2.34. The summed E-state index contributed by atoms with van der Waals surface area (Å²) >= 11 is 0. The summed E-state index contributed by atoms with van der Waals surface area (Å²) in [5, 5.41) is 11.7. The van der Waals surface area contributed by atoms with Crippen LogP contribution in [-0.2, 0) is 10.0 Å². The van der Waals surface area contributed by atoms with Gasteiger partial charge in [-0.05, 0) is 35.0 Å². The number of rotatable bonds is 3. The number of amides is 1. The SMILES string of the molecule is O=C(c1ccccc1O)N1CCN(S(=O)(=O)c2ccc3ccccc3c2)CC1. The van der Waals surface area contributed by atoms with Crippen LogP contribution in [0.15, 0.2) is 71.6 Å². The van der Waals surface area contributed by atoms with Crippen molar-refractivity contribution in [2.75, 3.05) is 26.2 Å². The van der Waals surface area contributed by atoms with Gasteiger partial charge in [-0.1, -0.05) is 42.5 Å². The summed E-state index contributed by atoms with van der Waals surface area (Å²) in [5.41, 5.74) is 0.230. The normalized spacial score (nSPS) is 15.6. The molecule has 1 fully saturated rings. The Bertz CT molecular complexity index is 1140. The fourth-order valence-corrected chi connectivity index (χ4v) is 4.89. The molecule has 0 radical (unpaired) electrons. The molecule has 1 heterocycles. The van der Waals surface area contributed by atoms with Crippen LogP contribution in [0.3, 0.4) is 0 Å². The fourth-order valence-electron chi connectivity index (χ4n) is 3.43. The van der Waals surface area contributed by atoms with Crippen molar-refractivity contribution in [1.29, 1.82) is 0 Å². The van der Waals surface area contributed by atoms with Crippen LogP contribution in [0.1, 0.15) is 10.4 Å². The van der Waals surface area contributed by atoms with E-state index in [0.717, 1.165) is 10.8 Å². The van der Waals surface area contributed by atoms with Gasteiger partial charge in [0.1, 0.15) is 5.75 Å². The molecule has 0 spiro atoms. The number of carbonyl (C=O) groups excluding carboxylic acids is 1. The van der Waals surface area contributed by atoms with Crippen LogP contribution in [0.2, 0.25) is 0 Å². The van der Waals surface area contributed by atoms with Gasteiger partial charge in [0.15, 0.2) is 0 Å². The Labute approximate surface area is 163 Å². The van der Waals surface area contributed by atoms with E-state index in [4.69, 9.17) is 0 Å². The molecule has 28 heavy (non-hydrogen) atoms. The van der Waals surface area contributed by atoms with Gasteiger partial charge in [-0.2, -0.15) is 4.31 Å². The maximum atomic E-state index is 13.0. The summed E-state index contributed by atoms with van der Waals surface area (Å²) in [6, 6.07) is 19.1. The van der Waals surface area contributed by atoms with Gasteiger partial charge >= 0.3 is 0 Å². The third-order valence-corrected chi connectivity index (χ3v) is 6.91.